The molecule has 0 amide bonds. The molecule has 0 atom stereocenters. The number of halogens is 1. The summed E-state index contributed by atoms with van der Waals surface area (Å²) in [5.74, 6) is 0.770. The Kier molecular flexibility index (Phi) is 8.26. The lowest BCUT2D eigenvalue weighted by molar-refractivity contribution is 0.657. The Balaban J connectivity index is 0.00000158. The van der Waals surface area contributed by atoms with Gasteiger partial charge in [0, 0.05) is 59.8 Å². The Hall–Kier alpha value is -4.84. The number of nitrogen functional groups attached to an aromatic ring is 1. The summed E-state index contributed by atoms with van der Waals surface area (Å²) in [6, 6.07) is 21.7. The van der Waals surface area contributed by atoms with Gasteiger partial charge in [-0.15, -0.1) is 24.2 Å². The highest BCUT2D eigenvalue weighted by atomic mass is 32.1. The van der Waals surface area contributed by atoms with Crippen molar-refractivity contribution in [3.63, 3.8) is 0 Å². The molecule has 0 spiro atoms. The standard InChI is InChI=1S/C30H25FN6S.C2H2/c31-28-9-8-27(38-28)24-17-35-18-26-30(24)37-29(36-26)12-22-11-21(6-7-25(22)32)23-10-20(15-34-16-23)14-33-13-19-4-2-1-3-5-19;1-2/h1-11,15-18,33H,12-14,32H2,(H,36,37);1-2H. The van der Waals surface area contributed by atoms with E-state index in [-0.39, 0.29) is 5.13 Å². The van der Waals surface area contributed by atoms with Crippen molar-refractivity contribution >= 4 is 28.1 Å². The topological polar surface area (TPSA) is 92.5 Å². The van der Waals surface area contributed by atoms with Crippen LogP contribution in [0.1, 0.15) is 22.5 Å². The first-order valence-corrected chi connectivity index (χ1v) is 13.4. The van der Waals surface area contributed by atoms with E-state index in [1.807, 2.05) is 42.7 Å². The fourth-order valence-corrected chi connectivity index (χ4v) is 5.26. The van der Waals surface area contributed by atoms with Crippen LogP contribution in [0.5, 0.6) is 0 Å². The van der Waals surface area contributed by atoms with Crippen LogP contribution in [0.3, 0.4) is 0 Å². The Morgan fingerprint density at radius 1 is 0.850 bits per heavy atom. The molecule has 0 bridgehead atoms. The van der Waals surface area contributed by atoms with Gasteiger partial charge in [0.25, 0.3) is 0 Å². The maximum Gasteiger partial charge on any atom is 0.176 e. The van der Waals surface area contributed by atoms with Gasteiger partial charge in [-0.25, -0.2) is 4.98 Å². The number of aromatic amines is 1. The first-order valence-electron chi connectivity index (χ1n) is 12.6. The molecule has 0 fully saturated rings. The highest BCUT2D eigenvalue weighted by Gasteiger charge is 2.14. The molecule has 0 saturated heterocycles. The normalized spacial score (nSPS) is 10.8. The summed E-state index contributed by atoms with van der Waals surface area (Å²) >= 11 is 1.08. The van der Waals surface area contributed by atoms with Crippen LogP contribution in [0.15, 0.2) is 91.5 Å². The van der Waals surface area contributed by atoms with Gasteiger partial charge in [-0.1, -0.05) is 36.4 Å². The zero-order valence-corrected chi connectivity index (χ0v) is 22.5. The van der Waals surface area contributed by atoms with E-state index >= 15 is 0 Å². The van der Waals surface area contributed by atoms with Crippen molar-refractivity contribution in [3.05, 3.63) is 119 Å². The van der Waals surface area contributed by atoms with Gasteiger partial charge in [0.05, 0.1) is 11.7 Å². The number of terminal acetylenes is 1. The Labute approximate surface area is 236 Å². The van der Waals surface area contributed by atoms with Crippen LogP contribution in [0.25, 0.3) is 32.6 Å². The molecule has 198 valence electrons. The van der Waals surface area contributed by atoms with Crippen LogP contribution in [0.4, 0.5) is 10.1 Å². The van der Waals surface area contributed by atoms with E-state index in [1.54, 1.807) is 18.5 Å². The number of nitrogens with one attached hydrogen (secondary N) is 2. The lowest BCUT2D eigenvalue weighted by atomic mass is 10.0. The summed E-state index contributed by atoms with van der Waals surface area (Å²) < 4.78 is 13.6. The third-order valence-corrected chi connectivity index (χ3v) is 7.32. The van der Waals surface area contributed by atoms with Crippen molar-refractivity contribution in [2.45, 2.75) is 19.5 Å². The average molecular weight is 547 g/mol. The molecule has 4 heterocycles. The number of anilines is 1. The smallest absolute Gasteiger partial charge is 0.176 e. The fraction of sp³-hybridized carbons (Fsp3) is 0.0938. The summed E-state index contributed by atoms with van der Waals surface area (Å²) in [5.41, 5.74) is 14.8. The highest BCUT2D eigenvalue weighted by molar-refractivity contribution is 7.14. The molecule has 6 nitrogen and oxygen atoms in total. The molecule has 40 heavy (non-hydrogen) atoms. The maximum atomic E-state index is 13.6. The Morgan fingerprint density at radius 2 is 1.65 bits per heavy atom. The first kappa shape index (κ1) is 26.8. The molecular weight excluding hydrogens is 519 g/mol. The molecule has 0 unspecified atom stereocenters. The molecule has 2 aromatic carbocycles. The van der Waals surface area contributed by atoms with E-state index in [4.69, 9.17) is 10.7 Å². The summed E-state index contributed by atoms with van der Waals surface area (Å²) in [6.07, 6.45) is 15.7. The number of pyridine rings is 2. The van der Waals surface area contributed by atoms with Crippen molar-refractivity contribution in [1.82, 2.24) is 25.3 Å². The summed E-state index contributed by atoms with van der Waals surface area (Å²) in [5, 5.41) is 3.25. The van der Waals surface area contributed by atoms with Gasteiger partial charge in [-0.05, 0) is 52.6 Å². The van der Waals surface area contributed by atoms with E-state index in [1.165, 1.54) is 11.6 Å². The number of rotatable bonds is 8. The lowest BCUT2D eigenvalue weighted by Gasteiger charge is -2.10. The van der Waals surface area contributed by atoms with Crippen molar-refractivity contribution in [2.24, 2.45) is 0 Å². The molecule has 0 radical (unpaired) electrons. The molecule has 8 heteroatoms. The van der Waals surface area contributed by atoms with Crippen LogP contribution < -0.4 is 11.1 Å². The molecular formula is C32H27FN6S. The molecule has 0 aliphatic heterocycles. The van der Waals surface area contributed by atoms with Crippen LogP contribution in [-0.2, 0) is 19.5 Å². The number of imidazole rings is 1. The van der Waals surface area contributed by atoms with Crippen molar-refractivity contribution in [3.8, 4) is 34.4 Å². The number of fused-ring (bicyclic) bond motifs is 1. The largest absolute Gasteiger partial charge is 0.398 e. The van der Waals surface area contributed by atoms with Gasteiger partial charge in [0.1, 0.15) is 11.3 Å². The number of hydrogen-bond donors (Lipinski definition) is 3. The van der Waals surface area contributed by atoms with E-state index in [0.29, 0.717) is 12.1 Å². The number of nitrogens with two attached hydrogens (primary N) is 1. The van der Waals surface area contributed by atoms with Gasteiger partial charge in [0.15, 0.2) is 5.13 Å². The van der Waals surface area contributed by atoms with Gasteiger partial charge >= 0.3 is 0 Å². The van der Waals surface area contributed by atoms with E-state index in [9.17, 15) is 4.39 Å². The van der Waals surface area contributed by atoms with Gasteiger partial charge in [-0.2, -0.15) is 4.39 Å². The van der Waals surface area contributed by atoms with Gasteiger partial charge in [-0.3, -0.25) is 9.97 Å². The monoisotopic (exact) mass is 546 g/mol. The second-order valence-corrected chi connectivity index (χ2v) is 10.2. The fourth-order valence-electron chi connectivity index (χ4n) is 4.52. The zero-order valence-electron chi connectivity index (χ0n) is 21.6. The second kappa shape index (κ2) is 12.3. The maximum absolute atomic E-state index is 13.6. The second-order valence-electron chi connectivity index (χ2n) is 9.13. The molecule has 4 aromatic heterocycles. The molecule has 4 N–H and O–H groups in total. The molecule has 0 saturated carbocycles. The SMILES string of the molecule is C#C.Nc1ccc(-c2cncc(CNCc3ccccc3)c2)cc1Cc1nc2c(-c3ccc(F)s3)cncc2[nH]1. The number of benzene rings is 2. The highest BCUT2D eigenvalue weighted by Crippen LogP contribution is 2.32. The van der Waals surface area contributed by atoms with Crippen LogP contribution in [-0.4, -0.2) is 19.9 Å². The minimum atomic E-state index is -0.233. The summed E-state index contributed by atoms with van der Waals surface area (Å²) in [4.78, 5) is 17.8. The first-order chi connectivity index (χ1) is 19.6. The van der Waals surface area contributed by atoms with E-state index in [0.717, 1.165) is 74.0 Å². The minimum Gasteiger partial charge on any atom is -0.398 e. The minimum absolute atomic E-state index is 0.233. The van der Waals surface area contributed by atoms with Gasteiger partial charge < -0.3 is 16.0 Å². The predicted molar refractivity (Wildman–Crippen MR) is 161 cm³/mol. The molecule has 0 aliphatic carbocycles. The summed E-state index contributed by atoms with van der Waals surface area (Å²) in [7, 11) is 0. The number of thiophene rings is 1. The molecule has 6 aromatic rings. The van der Waals surface area contributed by atoms with Gasteiger partial charge in [0.2, 0.25) is 0 Å². The number of nitrogens with zero attached hydrogens (tertiary/aromatic N) is 3. The Bertz CT molecular complexity index is 1760. The third kappa shape index (κ3) is 6.07. The van der Waals surface area contributed by atoms with Crippen LogP contribution in [0.2, 0.25) is 0 Å². The van der Waals surface area contributed by atoms with Crippen molar-refractivity contribution < 1.29 is 4.39 Å². The van der Waals surface area contributed by atoms with Crippen molar-refractivity contribution in [2.75, 3.05) is 5.73 Å². The lowest BCUT2D eigenvalue weighted by Crippen LogP contribution is -2.12. The molecule has 0 aliphatic rings. The number of hydrogen-bond acceptors (Lipinski definition) is 6. The van der Waals surface area contributed by atoms with Crippen molar-refractivity contribution in [1.29, 1.82) is 0 Å². The number of H-pyrrole nitrogens is 1. The zero-order chi connectivity index (χ0) is 27.9. The molecule has 6 rings (SSSR count). The average Bonchev–Trinajstić information content (AvgIpc) is 3.61. The number of aromatic nitrogens is 4. The van der Waals surface area contributed by atoms with Crippen LogP contribution >= 0.6 is 11.3 Å². The van der Waals surface area contributed by atoms with E-state index in [2.05, 4.69) is 57.4 Å². The predicted octanol–water partition coefficient (Wildman–Crippen LogP) is 6.60. The quantitative estimate of drug-likeness (QED) is 0.148. The Morgan fingerprint density at radius 3 is 2.45 bits per heavy atom. The third-order valence-electron chi connectivity index (χ3n) is 6.41. The van der Waals surface area contributed by atoms with E-state index < -0.39 is 0 Å². The van der Waals surface area contributed by atoms with Crippen LogP contribution in [0, 0.1) is 18.0 Å². The summed E-state index contributed by atoms with van der Waals surface area (Å²) in [6.45, 7) is 1.52.